The summed E-state index contributed by atoms with van der Waals surface area (Å²) in [6, 6.07) is 7.89. The summed E-state index contributed by atoms with van der Waals surface area (Å²) in [4.78, 5) is 18.0. The van der Waals surface area contributed by atoms with Crippen molar-refractivity contribution in [2.75, 3.05) is 11.4 Å². The van der Waals surface area contributed by atoms with E-state index in [9.17, 15) is 4.79 Å². The first kappa shape index (κ1) is 12.2. The van der Waals surface area contributed by atoms with E-state index in [2.05, 4.69) is 11.9 Å². The third-order valence-corrected chi connectivity index (χ3v) is 3.73. The van der Waals surface area contributed by atoms with Crippen LogP contribution in [0.1, 0.15) is 19.4 Å². The van der Waals surface area contributed by atoms with E-state index in [1.807, 2.05) is 31.2 Å². The molecule has 0 bridgehead atoms. The average Bonchev–Trinajstić information content (AvgIpc) is 2.68. The third-order valence-electron chi connectivity index (χ3n) is 2.65. The molecule has 17 heavy (non-hydrogen) atoms. The van der Waals surface area contributed by atoms with Crippen molar-refractivity contribution in [3.05, 3.63) is 29.8 Å². The summed E-state index contributed by atoms with van der Waals surface area (Å²) in [6.45, 7) is 6.50. The number of nitrogens with zero attached hydrogens (tertiary/aromatic N) is 2. The highest BCUT2D eigenvalue weighted by Crippen LogP contribution is 2.29. The minimum atomic E-state index is 0.0136. The number of amidine groups is 1. The zero-order valence-corrected chi connectivity index (χ0v) is 11.1. The van der Waals surface area contributed by atoms with Crippen LogP contribution >= 0.6 is 11.8 Å². The van der Waals surface area contributed by atoms with Crippen LogP contribution in [0, 0.1) is 6.92 Å². The van der Waals surface area contributed by atoms with Gasteiger partial charge in [-0.25, -0.2) is 0 Å². The first-order chi connectivity index (χ1) is 8.09. The van der Waals surface area contributed by atoms with E-state index in [1.165, 1.54) is 0 Å². The molecule has 0 saturated carbocycles. The highest BCUT2D eigenvalue weighted by molar-refractivity contribution is 8.15. The zero-order chi connectivity index (χ0) is 12.4. The first-order valence-corrected chi connectivity index (χ1v) is 6.55. The Morgan fingerprint density at radius 1 is 1.47 bits per heavy atom. The summed E-state index contributed by atoms with van der Waals surface area (Å²) >= 11 is 1.66. The van der Waals surface area contributed by atoms with Gasteiger partial charge in [-0.05, 0) is 18.6 Å². The van der Waals surface area contributed by atoms with E-state index in [-0.39, 0.29) is 5.91 Å². The normalized spacial score (nSPS) is 19.0. The third kappa shape index (κ3) is 2.52. The predicted octanol–water partition coefficient (Wildman–Crippen LogP) is 2.84. The number of carbonyl (C=O) groups excluding carboxylic acids is 1. The van der Waals surface area contributed by atoms with Gasteiger partial charge < -0.3 is 0 Å². The number of hydrogen-bond donors (Lipinski definition) is 0. The van der Waals surface area contributed by atoms with Gasteiger partial charge in [-0.2, -0.15) is 0 Å². The van der Waals surface area contributed by atoms with Crippen molar-refractivity contribution < 1.29 is 4.79 Å². The Kier molecular flexibility index (Phi) is 3.52. The van der Waals surface area contributed by atoms with Crippen molar-refractivity contribution in [2.45, 2.75) is 26.0 Å². The molecule has 1 aromatic rings. The second-order valence-electron chi connectivity index (χ2n) is 4.19. The molecule has 0 fully saturated rings. The van der Waals surface area contributed by atoms with Crippen LogP contribution < -0.4 is 4.90 Å². The van der Waals surface area contributed by atoms with Gasteiger partial charge >= 0.3 is 0 Å². The molecule has 4 heteroatoms. The molecule has 1 unspecified atom stereocenters. The van der Waals surface area contributed by atoms with Gasteiger partial charge in [0, 0.05) is 12.2 Å². The molecule has 0 aliphatic carbocycles. The number of amides is 1. The minimum Gasteiger partial charge on any atom is -0.274 e. The molecule has 0 N–H and O–H groups in total. The Bertz CT molecular complexity index is 470. The van der Waals surface area contributed by atoms with Crippen molar-refractivity contribution in [3.8, 4) is 0 Å². The number of anilines is 1. The van der Waals surface area contributed by atoms with Gasteiger partial charge in [0.05, 0.1) is 12.2 Å². The van der Waals surface area contributed by atoms with Crippen molar-refractivity contribution in [1.82, 2.24) is 0 Å². The lowest BCUT2D eigenvalue weighted by Gasteiger charge is -2.22. The Morgan fingerprint density at radius 3 is 2.71 bits per heavy atom. The highest BCUT2D eigenvalue weighted by atomic mass is 32.2. The molecule has 3 nitrogen and oxygen atoms in total. The fourth-order valence-corrected chi connectivity index (χ4v) is 2.80. The SMILES string of the molecule is CC(=O)N(C1=NCC(C)S1)c1ccccc1C. The van der Waals surface area contributed by atoms with E-state index in [0.717, 1.165) is 23.0 Å². The topological polar surface area (TPSA) is 32.7 Å². The highest BCUT2D eigenvalue weighted by Gasteiger charge is 2.25. The molecule has 1 aliphatic heterocycles. The molecule has 0 spiro atoms. The smallest absolute Gasteiger partial charge is 0.230 e. The molecule has 1 heterocycles. The van der Waals surface area contributed by atoms with Crippen LogP contribution in [0.15, 0.2) is 29.3 Å². The summed E-state index contributed by atoms with van der Waals surface area (Å²) in [7, 11) is 0. The van der Waals surface area contributed by atoms with Gasteiger partial charge in [-0.1, -0.05) is 36.9 Å². The van der Waals surface area contributed by atoms with Crippen LogP contribution in [-0.4, -0.2) is 22.9 Å². The molecule has 1 aromatic carbocycles. The zero-order valence-electron chi connectivity index (χ0n) is 10.3. The van der Waals surface area contributed by atoms with E-state index >= 15 is 0 Å². The molecule has 0 radical (unpaired) electrons. The lowest BCUT2D eigenvalue weighted by atomic mass is 10.2. The van der Waals surface area contributed by atoms with Crippen LogP contribution in [0.25, 0.3) is 0 Å². The average molecular weight is 248 g/mol. The first-order valence-electron chi connectivity index (χ1n) is 5.67. The Labute approximate surface area is 106 Å². The second-order valence-corrected chi connectivity index (χ2v) is 5.60. The Balaban J connectivity index is 2.37. The molecule has 1 aliphatic rings. The fourth-order valence-electron chi connectivity index (χ4n) is 1.81. The molecular formula is C13H16N2OS. The van der Waals surface area contributed by atoms with Gasteiger partial charge in [-0.3, -0.25) is 14.7 Å². The monoisotopic (exact) mass is 248 g/mol. The summed E-state index contributed by atoms with van der Waals surface area (Å²) in [5.41, 5.74) is 2.02. The summed E-state index contributed by atoms with van der Waals surface area (Å²) < 4.78 is 0. The largest absolute Gasteiger partial charge is 0.274 e. The van der Waals surface area contributed by atoms with Crippen LogP contribution in [0.4, 0.5) is 5.69 Å². The maximum atomic E-state index is 11.8. The lowest BCUT2D eigenvalue weighted by molar-refractivity contribution is -0.115. The number of carbonyl (C=O) groups is 1. The fraction of sp³-hybridized carbons (Fsp3) is 0.385. The minimum absolute atomic E-state index is 0.0136. The quantitative estimate of drug-likeness (QED) is 0.765. The summed E-state index contributed by atoms with van der Waals surface area (Å²) in [5, 5.41) is 1.27. The maximum absolute atomic E-state index is 11.8. The molecular weight excluding hydrogens is 232 g/mol. The van der Waals surface area contributed by atoms with Gasteiger partial charge in [0.25, 0.3) is 0 Å². The van der Waals surface area contributed by atoms with Crippen molar-refractivity contribution in [1.29, 1.82) is 0 Å². The molecule has 2 rings (SSSR count). The number of hydrogen-bond acceptors (Lipinski definition) is 3. The number of rotatable bonds is 1. The van der Waals surface area contributed by atoms with Crippen molar-refractivity contribution in [3.63, 3.8) is 0 Å². The van der Waals surface area contributed by atoms with Gasteiger partial charge in [0.15, 0.2) is 5.17 Å². The molecule has 0 saturated heterocycles. The number of para-hydroxylation sites is 1. The van der Waals surface area contributed by atoms with E-state index in [4.69, 9.17) is 0 Å². The van der Waals surface area contributed by atoms with Crippen LogP contribution in [0.5, 0.6) is 0 Å². The van der Waals surface area contributed by atoms with E-state index in [0.29, 0.717) is 5.25 Å². The maximum Gasteiger partial charge on any atom is 0.230 e. The number of thioether (sulfide) groups is 1. The standard InChI is InChI=1S/C13H16N2OS/c1-9-6-4-5-7-12(9)15(11(3)16)13-14-8-10(2)17-13/h4-7,10H,8H2,1-3H3. The van der Waals surface area contributed by atoms with Crippen LogP contribution in [0.2, 0.25) is 0 Å². The second kappa shape index (κ2) is 4.92. The number of aliphatic imine (C=N–C) groups is 1. The lowest BCUT2D eigenvalue weighted by Crippen LogP contribution is -2.33. The molecule has 1 atom stereocenters. The van der Waals surface area contributed by atoms with E-state index < -0.39 is 0 Å². The predicted molar refractivity (Wildman–Crippen MR) is 73.7 cm³/mol. The van der Waals surface area contributed by atoms with E-state index in [1.54, 1.807) is 23.6 Å². The van der Waals surface area contributed by atoms with Gasteiger partial charge in [0.1, 0.15) is 0 Å². The number of aryl methyl sites for hydroxylation is 1. The Morgan fingerprint density at radius 2 is 2.18 bits per heavy atom. The Hall–Kier alpha value is -1.29. The van der Waals surface area contributed by atoms with Gasteiger partial charge in [0.2, 0.25) is 5.91 Å². The van der Waals surface area contributed by atoms with Crippen LogP contribution in [0.3, 0.4) is 0 Å². The van der Waals surface area contributed by atoms with Gasteiger partial charge in [-0.15, -0.1) is 0 Å². The summed E-state index contributed by atoms with van der Waals surface area (Å²) in [6.07, 6.45) is 0. The molecule has 0 aromatic heterocycles. The number of benzene rings is 1. The molecule has 90 valence electrons. The molecule has 1 amide bonds. The van der Waals surface area contributed by atoms with Crippen molar-refractivity contribution in [2.24, 2.45) is 4.99 Å². The van der Waals surface area contributed by atoms with Crippen molar-refractivity contribution >= 4 is 28.5 Å². The van der Waals surface area contributed by atoms with Crippen LogP contribution in [-0.2, 0) is 4.79 Å². The summed E-state index contributed by atoms with van der Waals surface area (Å²) in [5.74, 6) is 0.0136.